The molecular formula is C11H14Cl2N2O. The minimum absolute atomic E-state index is 0.106. The van der Waals surface area contributed by atoms with Crippen LogP contribution in [0.15, 0.2) is 12.1 Å². The third-order valence-electron chi connectivity index (χ3n) is 1.94. The van der Waals surface area contributed by atoms with Crippen LogP contribution >= 0.6 is 23.2 Å². The van der Waals surface area contributed by atoms with Crippen molar-refractivity contribution in [3.05, 3.63) is 22.2 Å². The van der Waals surface area contributed by atoms with Gasteiger partial charge in [-0.25, -0.2) is 0 Å². The molecule has 1 aromatic rings. The fraction of sp³-hybridized carbons (Fsp3) is 0.364. The maximum atomic E-state index is 11.6. The third kappa shape index (κ3) is 3.58. The molecule has 3 nitrogen and oxygen atoms in total. The van der Waals surface area contributed by atoms with Crippen LogP contribution in [0.5, 0.6) is 0 Å². The van der Waals surface area contributed by atoms with Gasteiger partial charge in [0.25, 0.3) is 0 Å². The number of nitrogen functional groups attached to an aromatic ring is 1. The number of nitrogens with one attached hydrogen (secondary N) is 1. The van der Waals surface area contributed by atoms with E-state index in [0.717, 1.165) is 0 Å². The first-order chi connectivity index (χ1) is 7.40. The maximum Gasteiger partial charge on any atom is 0.224 e. The largest absolute Gasteiger partial charge is 0.397 e. The van der Waals surface area contributed by atoms with E-state index in [0.29, 0.717) is 27.8 Å². The number of rotatable bonds is 3. The number of anilines is 2. The second kappa shape index (κ2) is 5.41. The van der Waals surface area contributed by atoms with E-state index in [4.69, 9.17) is 28.9 Å². The first-order valence-electron chi connectivity index (χ1n) is 4.94. The minimum atomic E-state index is -0.106. The van der Waals surface area contributed by atoms with Crippen LogP contribution in [-0.4, -0.2) is 5.91 Å². The fourth-order valence-corrected chi connectivity index (χ4v) is 1.84. The average molecular weight is 261 g/mol. The molecule has 0 bridgehead atoms. The molecule has 0 spiro atoms. The van der Waals surface area contributed by atoms with Gasteiger partial charge in [-0.05, 0) is 18.1 Å². The van der Waals surface area contributed by atoms with Crippen molar-refractivity contribution in [3.63, 3.8) is 0 Å². The van der Waals surface area contributed by atoms with Gasteiger partial charge in [0.2, 0.25) is 5.91 Å². The molecule has 0 fully saturated rings. The van der Waals surface area contributed by atoms with Crippen molar-refractivity contribution < 1.29 is 4.79 Å². The Bertz CT molecular complexity index is 382. The van der Waals surface area contributed by atoms with Crippen LogP contribution < -0.4 is 11.1 Å². The molecule has 0 unspecified atom stereocenters. The molecule has 1 amide bonds. The molecule has 0 radical (unpaired) electrons. The highest BCUT2D eigenvalue weighted by atomic mass is 35.5. The van der Waals surface area contributed by atoms with Gasteiger partial charge in [0.15, 0.2) is 0 Å². The van der Waals surface area contributed by atoms with E-state index in [-0.39, 0.29) is 11.8 Å². The van der Waals surface area contributed by atoms with Gasteiger partial charge in [-0.1, -0.05) is 37.0 Å². The monoisotopic (exact) mass is 260 g/mol. The Morgan fingerprint density at radius 3 is 2.56 bits per heavy atom. The smallest absolute Gasteiger partial charge is 0.224 e. The van der Waals surface area contributed by atoms with Crippen molar-refractivity contribution in [2.75, 3.05) is 11.1 Å². The molecule has 0 heterocycles. The van der Waals surface area contributed by atoms with Gasteiger partial charge in [0.1, 0.15) is 0 Å². The lowest BCUT2D eigenvalue weighted by Gasteiger charge is -2.11. The lowest BCUT2D eigenvalue weighted by atomic mass is 10.1. The zero-order chi connectivity index (χ0) is 12.3. The molecule has 0 aliphatic carbocycles. The molecule has 5 heteroatoms. The molecule has 0 atom stereocenters. The van der Waals surface area contributed by atoms with Crippen molar-refractivity contribution in [1.29, 1.82) is 0 Å². The molecule has 0 aliphatic heterocycles. The highest BCUT2D eigenvalue weighted by Crippen LogP contribution is 2.32. The molecule has 0 saturated heterocycles. The van der Waals surface area contributed by atoms with Crippen molar-refractivity contribution in [2.45, 2.75) is 20.3 Å². The van der Waals surface area contributed by atoms with Gasteiger partial charge in [-0.15, -0.1) is 0 Å². The summed E-state index contributed by atoms with van der Waals surface area (Å²) in [5.41, 5.74) is 6.52. The number of carbonyl (C=O) groups excluding carboxylic acids is 1. The van der Waals surface area contributed by atoms with E-state index >= 15 is 0 Å². The number of benzene rings is 1. The van der Waals surface area contributed by atoms with E-state index in [2.05, 4.69) is 5.32 Å². The Morgan fingerprint density at radius 2 is 2.06 bits per heavy atom. The molecule has 1 rings (SSSR count). The zero-order valence-corrected chi connectivity index (χ0v) is 10.7. The van der Waals surface area contributed by atoms with Crippen molar-refractivity contribution >= 4 is 40.5 Å². The standard InChI is InChI=1S/C11H14Cl2N2O/c1-6(2)3-10(16)15-11-8(13)4-7(12)5-9(11)14/h4-6H,3,14H2,1-2H3,(H,15,16). The summed E-state index contributed by atoms with van der Waals surface area (Å²) in [5, 5.41) is 3.48. The Labute approximate surface area is 105 Å². The Hall–Kier alpha value is -0.930. The molecule has 0 aromatic heterocycles. The number of halogens is 2. The minimum Gasteiger partial charge on any atom is -0.397 e. The first-order valence-corrected chi connectivity index (χ1v) is 5.70. The predicted molar refractivity (Wildman–Crippen MR) is 69.0 cm³/mol. The second-order valence-electron chi connectivity index (χ2n) is 4.00. The van der Waals surface area contributed by atoms with Gasteiger partial charge in [0.05, 0.1) is 16.4 Å². The van der Waals surface area contributed by atoms with E-state index in [1.807, 2.05) is 13.8 Å². The summed E-state index contributed by atoms with van der Waals surface area (Å²) in [4.78, 5) is 11.6. The number of hydrogen-bond donors (Lipinski definition) is 2. The van der Waals surface area contributed by atoms with Gasteiger partial charge < -0.3 is 11.1 Å². The van der Waals surface area contributed by atoms with E-state index in [1.54, 1.807) is 12.1 Å². The summed E-state index contributed by atoms with van der Waals surface area (Å²) in [6, 6.07) is 3.10. The van der Waals surface area contributed by atoms with Crippen LogP contribution in [0.3, 0.4) is 0 Å². The second-order valence-corrected chi connectivity index (χ2v) is 4.84. The molecule has 3 N–H and O–H groups in total. The Kier molecular flexibility index (Phi) is 4.44. The highest BCUT2D eigenvalue weighted by molar-refractivity contribution is 6.37. The van der Waals surface area contributed by atoms with E-state index in [1.165, 1.54) is 0 Å². The van der Waals surface area contributed by atoms with Gasteiger partial charge in [0, 0.05) is 11.4 Å². The van der Waals surface area contributed by atoms with Gasteiger partial charge >= 0.3 is 0 Å². The first kappa shape index (κ1) is 13.1. The summed E-state index contributed by atoms with van der Waals surface area (Å²) in [6.07, 6.45) is 0.429. The maximum absolute atomic E-state index is 11.6. The molecule has 0 saturated carbocycles. The normalized spacial score (nSPS) is 10.6. The van der Waals surface area contributed by atoms with E-state index < -0.39 is 0 Å². The molecule has 88 valence electrons. The topological polar surface area (TPSA) is 55.1 Å². The van der Waals surface area contributed by atoms with Crippen LogP contribution in [0.4, 0.5) is 11.4 Å². The quantitative estimate of drug-likeness (QED) is 0.817. The van der Waals surface area contributed by atoms with Crippen LogP contribution in [0.2, 0.25) is 10.0 Å². The number of nitrogens with two attached hydrogens (primary N) is 1. The van der Waals surface area contributed by atoms with Crippen LogP contribution in [0.1, 0.15) is 20.3 Å². The highest BCUT2D eigenvalue weighted by Gasteiger charge is 2.11. The van der Waals surface area contributed by atoms with Crippen molar-refractivity contribution in [2.24, 2.45) is 5.92 Å². The SMILES string of the molecule is CC(C)CC(=O)Nc1c(N)cc(Cl)cc1Cl. The summed E-state index contributed by atoms with van der Waals surface area (Å²) in [6.45, 7) is 3.93. The van der Waals surface area contributed by atoms with E-state index in [9.17, 15) is 4.79 Å². The predicted octanol–water partition coefficient (Wildman–Crippen LogP) is 3.56. The molecule has 0 aliphatic rings. The number of amides is 1. The summed E-state index contributed by atoms with van der Waals surface area (Å²) >= 11 is 11.7. The summed E-state index contributed by atoms with van der Waals surface area (Å²) in [5.74, 6) is 0.179. The summed E-state index contributed by atoms with van der Waals surface area (Å²) in [7, 11) is 0. The van der Waals surface area contributed by atoms with Crippen LogP contribution in [-0.2, 0) is 4.79 Å². The van der Waals surface area contributed by atoms with Gasteiger partial charge in [-0.3, -0.25) is 4.79 Å². The molecule has 1 aromatic carbocycles. The zero-order valence-electron chi connectivity index (χ0n) is 9.18. The van der Waals surface area contributed by atoms with Gasteiger partial charge in [-0.2, -0.15) is 0 Å². The Morgan fingerprint density at radius 1 is 1.44 bits per heavy atom. The Balaban J connectivity index is 2.85. The fourth-order valence-electron chi connectivity index (χ4n) is 1.29. The average Bonchev–Trinajstić information content (AvgIpc) is 2.09. The number of hydrogen-bond acceptors (Lipinski definition) is 2. The number of carbonyl (C=O) groups is 1. The van der Waals surface area contributed by atoms with Crippen LogP contribution in [0.25, 0.3) is 0 Å². The van der Waals surface area contributed by atoms with Crippen LogP contribution in [0, 0.1) is 5.92 Å². The molecular weight excluding hydrogens is 247 g/mol. The molecule has 16 heavy (non-hydrogen) atoms. The summed E-state index contributed by atoms with van der Waals surface area (Å²) < 4.78 is 0. The lowest BCUT2D eigenvalue weighted by Crippen LogP contribution is -2.15. The lowest BCUT2D eigenvalue weighted by molar-refractivity contribution is -0.116. The third-order valence-corrected chi connectivity index (χ3v) is 2.46. The van der Waals surface area contributed by atoms with Crippen molar-refractivity contribution in [3.8, 4) is 0 Å². The van der Waals surface area contributed by atoms with Crippen molar-refractivity contribution in [1.82, 2.24) is 0 Å².